The number of aliphatic hydroxyl groups excluding tert-OH is 1. The number of fused-ring (bicyclic) bond motifs is 3. The van der Waals surface area contributed by atoms with Gasteiger partial charge in [0.1, 0.15) is 6.61 Å². The number of carbonyl (C=O) groups is 3. The van der Waals surface area contributed by atoms with E-state index in [-0.39, 0.29) is 32.1 Å². The van der Waals surface area contributed by atoms with Gasteiger partial charge < -0.3 is 30.3 Å². The summed E-state index contributed by atoms with van der Waals surface area (Å²) in [6.45, 7) is 0.218. The Morgan fingerprint density at radius 2 is 1.70 bits per heavy atom. The summed E-state index contributed by atoms with van der Waals surface area (Å²) in [4.78, 5) is 35.4. The topological polar surface area (TPSA) is 134 Å². The highest BCUT2D eigenvalue weighted by Crippen LogP contribution is 2.44. The number of aliphatic hydroxyl groups is 1. The van der Waals surface area contributed by atoms with Crippen LogP contribution in [0.5, 0.6) is 0 Å². The van der Waals surface area contributed by atoms with Crippen LogP contribution in [0.4, 0.5) is 4.79 Å². The van der Waals surface area contributed by atoms with Crippen molar-refractivity contribution in [1.29, 1.82) is 0 Å². The number of rotatable bonds is 8. The number of benzene rings is 2. The number of alkyl carbamates (subject to hydrolysis) is 1. The molecule has 4 rings (SSSR count). The fraction of sp³-hybridized carbons (Fsp3) is 0.375. The van der Waals surface area contributed by atoms with Crippen LogP contribution in [0.25, 0.3) is 11.1 Å². The molecule has 174 valence electrons. The number of hydrogen-bond donors (Lipinski definition) is 4. The molecule has 0 spiro atoms. The van der Waals surface area contributed by atoms with Crippen LogP contribution in [0.3, 0.4) is 0 Å². The lowest BCUT2D eigenvalue weighted by molar-refractivity contribution is -0.148. The minimum atomic E-state index is -1.14. The Bertz CT molecular complexity index is 995. The molecule has 3 unspecified atom stereocenters. The molecular weight excluding hydrogens is 428 g/mol. The molecule has 2 aromatic carbocycles. The first kappa shape index (κ1) is 22.8. The minimum absolute atomic E-state index is 0.0744. The Labute approximate surface area is 190 Å². The van der Waals surface area contributed by atoms with Gasteiger partial charge in [-0.2, -0.15) is 0 Å². The van der Waals surface area contributed by atoms with Gasteiger partial charge >= 0.3 is 12.1 Å². The average molecular weight is 454 g/mol. The predicted molar refractivity (Wildman–Crippen MR) is 118 cm³/mol. The van der Waals surface area contributed by atoms with Gasteiger partial charge in [-0.3, -0.25) is 4.79 Å². The third-order valence-electron chi connectivity index (χ3n) is 5.93. The van der Waals surface area contributed by atoms with E-state index in [2.05, 4.69) is 10.6 Å². The lowest BCUT2D eigenvalue weighted by Gasteiger charge is -2.18. The molecule has 1 saturated heterocycles. The summed E-state index contributed by atoms with van der Waals surface area (Å²) in [5, 5.41) is 24.2. The highest BCUT2D eigenvalue weighted by atomic mass is 16.5. The summed E-state index contributed by atoms with van der Waals surface area (Å²) in [6, 6.07) is 15.4. The van der Waals surface area contributed by atoms with Crippen molar-refractivity contribution in [1.82, 2.24) is 10.6 Å². The molecule has 2 aliphatic rings. The molecular formula is C24H26N2O7. The van der Waals surface area contributed by atoms with E-state index in [4.69, 9.17) is 14.6 Å². The van der Waals surface area contributed by atoms with Gasteiger partial charge in [0.2, 0.25) is 5.91 Å². The molecule has 33 heavy (non-hydrogen) atoms. The van der Waals surface area contributed by atoms with Crippen molar-refractivity contribution in [2.45, 2.75) is 37.0 Å². The van der Waals surface area contributed by atoms with E-state index in [1.807, 2.05) is 48.5 Å². The van der Waals surface area contributed by atoms with Gasteiger partial charge in [-0.1, -0.05) is 48.5 Å². The lowest BCUT2D eigenvalue weighted by atomic mass is 9.98. The Kier molecular flexibility index (Phi) is 6.90. The molecule has 2 aromatic rings. The maximum absolute atomic E-state index is 12.2. The zero-order valence-electron chi connectivity index (χ0n) is 17.9. The third kappa shape index (κ3) is 5.15. The summed E-state index contributed by atoms with van der Waals surface area (Å²) in [5.74, 6) is -1.73. The Hall–Kier alpha value is -3.43. The summed E-state index contributed by atoms with van der Waals surface area (Å²) in [5.41, 5.74) is 4.44. The van der Waals surface area contributed by atoms with E-state index in [0.717, 1.165) is 22.3 Å². The normalized spacial score (nSPS) is 19.9. The Balaban J connectivity index is 1.23. The van der Waals surface area contributed by atoms with E-state index in [0.29, 0.717) is 6.42 Å². The second-order valence-corrected chi connectivity index (χ2v) is 8.16. The summed E-state index contributed by atoms with van der Waals surface area (Å²) in [7, 11) is 0. The van der Waals surface area contributed by atoms with Gasteiger partial charge in [-0.25, -0.2) is 9.59 Å². The highest BCUT2D eigenvalue weighted by Gasteiger charge is 2.35. The van der Waals surface area contributed by atoms with Crippen molar-refractivity contribution in [2.24, 2.45) is 0 Å². The van der Waals surface area contributed by atoms with E-state index in [1.165, 1.54) is 0 Å². The monoisotopic (exact) mass is 454 g/mol. The molecule has 1 fully saturated rings. The van der Waals surface area contributed by atoms with Crippen molar-refractivity contribution in [3.05, 3.63) is 59.7 Å². The van der Waals surface area contributed by atoms with E-state index < -0.39 is 36.2 Å². The molecule has 1 aliphatic heterocycles. The van der Waals surface area contributed by atoms with Crippen molar-refractivity contribution < 1.29 is 34.1 Å². The second kappa shape index (κ2) is 10.0. The predicted octanol–water partition coefficient (Wildman–Crippen LogP) is 1.63. The molecule has 1 heterocycles. The average Bonchev–Trinajstić information content (AvgIpc) is 3.39. The van der Waals surface area contributed by atoms with Crippen LogP contribution < -0.4 is 10.6 Å². The summed E-state index contributed by atoms with van der Waals surface area (Å²) >= 11 is 0. The van der Waals surface area contributed by atoms with Crippen molar-refractivity contribution in [2.75, 3.05) is 19.8 Å². The summed E-state index contributed by atoms with van der Waals surface area (Å²) < 4.78 is 10.5. The quantitative estimate of drug-likeness (QED) is 0.476. The van der Waals surface area contributed by atoms with E-state index >= 15 is 0 Å². The van der Waals surface area contributed by atoms with Crippen LogP contribution in [-0.2, 0) is 19.1 Å². The first-order valence-corrected chi connectivity index (χ1v) is 10.8. The fourth-order valence-corrected chi connectivity index (χ4v) is 4.38. The first-order chi connectivity index (χ1) is 15.9. The number of amides is 2. The molecule has 0 aromatic heterocycles. The molecule has 2 amide bonds. The van der Waals surface area contributed by atoms with Gasteiger partial charge in [0.25, 0.3) is 0 Å². The number of nitrogens with one attached hydrogen (secondary N) is 2. The molecule has 9 nitrogen and oxygen atoms in total. The number of carboxylic acid groups (broad SMARTS) is 1. The zero-order valence-corrected chi connectivity index (χ0v) is 17.9. The number of ether oxygens (including phenoxy) is 2. The Morgan fingerprint density at radius 3 is 2.33 bits per heavy atom. The van der Waals surface area contributed by atoms with E-state index in [9.17, 15) is 19.5 Å². The minimum Gasteiger partial charge on any atom is -0.479 e. The summed E-state index contributed by atoms with van der Waals surface area (Å²) in [6.07, 6.45) is -2.82. The largest absolute Gasteiger partial charge is 0.479 e. The number of carbonyl (C=O) groups excluding carboxylic acids is 2. The number of hydrogen-bond acceptors (Lipinski definition) is 6. The molecule has 3 atom stereocenters. The van der Waals surface area contributed by atoms with Gasteiger partial charge in [0, 0.05) is 19.1 Å². The molecule has 0 radical (unpaired) electrons. The highest BCUT2D eigenvalue weighted by molar-refractivity contribution is 5.80. The van der Waals surface area contributed by atoms with Crippen LogP contribution in [0.15, 0.2) is 48.5 Å². The van der Waals surface area contributed by atoms with Crippen LogP contribution in [0.2, 0.25) is 0 Å². The smallest absolute Gasteiger partial charge is 0.407 e. The molecule has 4 N–H and O–H groups in total. The maximum atomic E-state index is 12.2. The standard InChI is InChI=1S/C24H26N2O7/c27-14(11-21(28)26-20-9-10-32-22(20)23(29)30)12-25-24(31)33-13-19-17-7-3-1-5-15(17)16-6-2-4-8-18(16)19/h1-8,14,19-20,22,27H,9-13H2,(H,25,31)(H,26,28)(H,29,30). The van der Waals surface area contributed by atoms with Crippen molar-refractivity contribution in [3.63, 3.8) is 0 Å². The molecule has 9 heteroatoms. The third-order valence-corrected chi connectivity index (χ3v) is 5.93. The van der Waals surface area contributed by atoms with Gasteiger partial charge in [0.15, 0.2) is 6.10 Å². The van der Waals surface area contributed by atoms with Gasteiger partial charge in [-0.15, -0.1) is 0 Å². The number of aliphatic carboxylic acids is 1. The van der Waals surface area contributed by atoms with Gasteiger partial charge in [0.05, 0.1) is 18.6 Å². The first-order valence-electron chi connectivity index (χ1n) is 10.8. The van der Waals surface area contributed by atoms with E-state index in [1.54, 1.807) is 0 Å². The zero-order chi connectivity index (χ0) is 23.4. The van der Waals surface area contributed by atoms with Crippen LogP contribution >= 0.6 is 0 Å². The SMILES string of the molecule is O=C(CC(O)CNC(=O)OCC1c2ccccc2-c2ccccc21)NC1CCOC1C(=O)O. The van der Waals surface area contributed by atoms with Crippen LogP contribution in [-0.4, -0.2) is 66.2 Å². The molecule has 1 aliphatic carbocycles. The van der Waals surface area contributed by atoms with Crippen LogP contribution in [0.1, 0.15) is 29.9 Å². The lowest BCUT2D eigenvalue weighted by Crippen LogP contribution is -2.45. The molecule has 0 saturated carbocycles. The second-order valence-electron chi connectivity index (χ2n) is 8.16. The fourth-order valence-electron chi connectivity index (χ4n) is 4.38. The van der Waals surface area contributed by atoms with Crippen LogP contribution in [0, 0.1) is 0 Å². The molecule has 0 bridgehead atoms. The van der Waals surface area contributed by atoms with Crippen molar-refractivity contribution in [3.8, 4) is 11.1 Å². The van der Waals surface area contributed by atoms with Crippen molar-refractivity contribution >= 4 is 18.0 Å². The number of carboxylic acids is 1. The Morgan fingerprint density at radius 1 is 1.06 bits per heavy atom. The van der Waals surface area contributed by atoms with Gasteiger partial charge in [-0.05, 0) is 28.7 Å². The maximum Gasteiger partial charge on any atom is 0.407 e.